The molecule has 0 atom stereocenters. The Bertz CT molecular complexity index is 1420. The summed E-state index contributed by atoms with van der Waals surface area (Å²) in [4.78, 5) is 28.2. The van der Waals surface area contributed by atoms with Gasteiger partial charge in [0, 0.05) is 43.1 Å². The Morgan fingerprint density at radius 3 is 2.79 bits per heavy atom. The van der Waals surface area contributed by atoms with Gasteiger partial charge < -0.3 is 25.6 Å². The van der Waals surface area contributed by atoms with Crippen LogP contribution in [0.1, 0.15) is 32.4 Å². The fourth-order valence-electron chi connectivity index (χ4n) is 3.43. The fraction of sp³-hybridized carbons (Fsp3) is 0.333. The maximum absolute atomic E-state index is 11.0. The number of aliphatic hydroxyl groups is 1. The van der Waals surface area contributed by atoms with Crippen LogP contribution in [0.2, 0.25) is 5.15 Å². The first-order valence-corrected chi connectivity index (χ1v) is 12.9. The van der Waals surface area contributed by atoms with Gasteiger partial charge in [-0.1, -0.05) is 11.6 Å². The van der Waals surface area contributed by atoms with Gasteiger partial charge in [0.25, 0.3) is 0 Å². The molecule has 0 radical (unpaired) electrons. The van der Waals surface area contributed by atoms with Crippen molar-refractivity contribution >= 4 is 34.7 Å². The first-order chi connectivity index (χ1) is 18.1. The normalized spacial score (nSPS) is 11.4. The van der Waals surface area contributed by atoms with E-state index in [2.05, 4.69) is 30.4 Å². The van der Waals surface area contributed by atoms with Gasteiger partial charge in [-0.25, -0.2) is 24.4 Å². The summed E-state index contributed by atoms with van der Waals surface area (Å²) in [6.45, 7) is 4.49. The van der Waals surface area contributed by atoms with Crippen molar-refractivity contribution in [3.63, 3.8) is 0 Å². The molecule has 4 heterocycles. The van der Waals surface area contributed by atoms with Gasteiger partial charge in [0.2, 0.25) is 11.8 Å². The molecule has 200 valence electrons. The van der Waals surface area contributed by atoms with Crippen LogP contribution in [0.15, 0.2) is 36.1 Å². The van der Waals surface area contributed by atoms with Crippen molar-refractivity contribution in [2.45, 2.75) is 32.3 Å². The number of aromatic nitrogens is 6. The summed E-state index contributed by atoms with van der Waals surface area (Å²) < 4.78 is 12.4. The van der Waals surface area contributed by atoms with E-state index >= 15 is 0 Å². The minimum absolute atomic E-state index is 0.0352. The third-order valence-corrected chi connectivity index (χ3v) is 6.40. The zero-order chi connectivity index (χ0) is 27.3. The number of carbonyl (C=O) groups excluding carboxylic acids is 1. The molecule has 14 heteroatoms. The second-order valence-electron chi connectivity index (χ2n) is 8.76. The minimum Gasteiger partial charge on any atom is -0.477 e. The number of thiazole rings is 1. The number of aryl methyl sites for hydroxylation is 1. The molecule has 0 unspecified atom stereocenters. The second kappa shape index (κ2) is 11.7. The number of ether oxygens (including phenoxy) is 2. The number of hydrogen-bond donors (Lipinski definition) is 3. The Balaban J connectivity index is 1.34. The number of hydrogen-bond acceptors (Lipinski definition) is 11. The van der Waals surface area contributed by atoms with Crippen molar-refractivity contribution in [3.05, 3.63) is 47.0 Å². The summed E-state index contributed by atoms with van der Waals surface area (Å²) in [7, 11) is 1.75. The third-order valence-electron chi connectivity index (χ3n) is 5.32. The quantitative estimate of drug-likeness (QED) is 0.181. The van der Waals surface area contributed by atoms with E-state index < -0.39 is 11.7 Å². The lowest BCUT2D eigenvalue weighted by Crippen LogP contribution is -2.17. The standard InChI is InChI=1S/C24H27ClN8O4S/c1-24(2,35)17-13-38-21(31-17)14-11-29-18(25)10-16(14)27-7-4-5-9-36-22-15(12-30-33(22)3)20-28-8-6-19(32-20)37-23(26)34/h6,8,10-13,35H,4-5,7,9H2,1-3H3,(H2,26,34)(H,27,29). The maximum atomic E-state index is 11.0. The van der Waals surface area contributed by atoms with Gasteiger partial charge in [-0.2, -0.15) is 10.1 Å². The average Bonchev–Trinajstić information content (AvgIpc) is 3.49. The van der Waals surface area contributed by atoms with Crippen LogP contribution in [0.3, 0.4) is 0 Å². The predicted molar refractivity (Wildman–Crippen MR) is 143 cm³/mol. The first-order valence-electron chi connectivity index (χ1n) is 11.7. The molecule has 0 aliphatic rings. The monoisotopic (exact) mass is 558 g/mol. The number of nitrogens with two attached hydrogens (primary N) is 1. The van der Waals surface area contributed by atoms with Gasteiger partial charge in [-0.05, 0) is 32.8 Å². The van der Waals surface area contributed by atoms with Crippen molar-refractivity contribution in [1.29, 1.82) is 0 Å². The molecular formula is C24H27ClN8O4S. The van der Waals surface area contributed by atoms with Gasteiger partial charge in [-0.15, -0.1) is 11.3 Å². The molecule has 38 heavy (non-hydrogen) atoms. The number of primary amides is 1. The van der Waals surface area contributed by atoms with E-state index in [9.17, 15) is 9.90 Å². The Kier molecular flexibility index (Phi) is 8.39. The Morgan fingerprint density at radius 1 is 1.24 bits per heavy atom. The Morgan fingerprint density at radius 2 is 2.05 bits per heavy atom. The molecule has 0 fully saturated rings. The highest BCUT2D eigenvalue weighted by Crippen LogP contribution is 2.34. The van der Waals surface area contributed by atoms with E-state index in [4.69, 9.17) is 26.8 Å². The summed E-state index contributed by atoms with van der Waals surface area (Å²) in [5.74, 6) is 0.822. The van der Waals surface area contributed by atoms with Gasteiger partial charge in [-0.3, -0.25) is 0 Å². The van der Waals surface area contributed by atoms with Gasteiger partial charge >= 0.3 is 6.09 Å². The second-order valence-corrected chi connectivity index (χ2v) is 10.0. The lowest BCUT2D eigenvalue weighted by Gasteiger charge is -2.14. The number of rotatable bonds is 11. The lowest BCUT2D eigenvalue weighted by molar-refractivity contribution is 0.0746. The zero-order valence-electron chi connectivity index (χ0n) is 21.0. The third kappa shape index (κ3) is 6.73. The lowest BCUT2D eigenvalue weighted by atomic mass is 10.1. The van der Waals surface area contributed by atoms with Crippen LogP contribution in [-0.2, 0) is 12.6 Å². The van der Waals surface area contributed by atoms with E-state index in [-0.39, 0.29) is 5.88 Å². The molecule has 4 aromatic heterocycles. The van der Waals surface area contributed by atoms with E-state index in [1.54, 1.807) is 44.0 Å². The van der Waals surface area contributed by atoms with Crippen molar-refractivity contribution < 1.29 is 19.4 Å². The van der Waals surface area contributed by atoms with E-state index in [0.717, 1.165) is 29.1 Å². The molecule has 4 rings (SSSR count). The SMILES string of the molecule is Cn1ncc(-c2nccc(OC(N)=O)n2)c1OCCCCNc1cc(Cl)ncc1-c1nc(C(C)(C)O)cs1. The summed E-state index contributed by atoms with van der Waals surface area (Å²) in [5.41, 5.74) is 6.82. The molecule has 0 aliphatic carbocycles. The average molecular weight is 559 g/mol. The molecule has 12 nitrogen and oxygen atoms in total. The molecule has 0 bridgehead atoms. The smallest absolute Gasteiger partial charge is 0.411 e. The summed E-state index contributed by atoms with van der Waals surface area (Å²) >= 11 is 7.58. The number of pyridine rings is 1. The molecule has 0 aromatic carbocycles. The summed E-state index contributed by atoms with van der Waals surface area (Å²) in [5, 5.41) is 20.8. The predicted octanol–water partition coefficient (Wildman–Crippen LogP) is 4.01. The largest absolute Gasteiger partial charge is 0.477 e. The molecule has 1 amide bonds. The molecule has 0 saturated carbocycles. The number of amides is 1. The van der Waals surface area contributed by atoms with Crippen LogP contribution in [0.5, 0.6) is 11.8 Å². The highest BCUT2D eigenvalue weighted by Gasteiger charge is 2.21. The highest BCUT2D eigenvalue weighted by atomic mass is 35.5. The van der Waals surface area contributed by atoms with Crippen molar-refractivity contribution in [2.24, 2.45) is 12.8 Å². The number of nitrogens with zero attached hydrogens (tertiary/aromatic N) is 6. The van der Waals surface area contributed by atoms with Crippen LogP contribution in [0.4, 0.5) is 10.5 Å². The number of unbranched alkanes of at least 4 members (excludes halogenated alkanes) is 1. The zero-order valence-corrected chi connectivity index (χ0v) is 22.6. The maximum Gasteiger partial charge on any atom is 0.411 e. The van der Waals surface area contributed by atoms with Gasteiger partial charge in [0.05, 0.1) is 24.1 Å². The van der Waals surface area contributed by atoms with Crippen LogP contribution in [-0.4, -0.2) is 54.1 Å². The fourth-order valence-corrected chi connectivity index (χ4v) is 4.59. The Hall–Kier alpha value is -3.81. The highest BCUT2D eigenvalue weighted by molar-refractivity contribution is 7.13. The topological polar surface area (TPSA) is 163 Å². The molecular weight excluding hydrogens is 532 g/mol. The van der Waals surface area contributed by atoms with Crippen LogP contribution >= 0.6 is 22.9 Å². The van der Waals surface area contributed by atoms with E-state index in [1.807, 2.05) is 5.38 Å². The van der Waals surface area contributed by atoms with Crippen LogP contribution < -0.4 is 20.5 Å². The van der Waals surface area contributed by atoms with Crippen molar-refractivity contribution in [3.8, 4) is 33.7 Å². The van der Waals surface area contributed by atoms with Crippen LogP contribution in [0, 0.1) is 0 Å². The summed E-state index contributed by atoms with van der Waals surface area (Å²) in [6.07, 6.45) is 5.31. The number of anilines is 1. The number of halogens is 1. The first kappa shape index (κ1) is 27.2. The number of nitrogens with one attached hydrogen (secondary N) is 1. The van der Waals surface area contributed by atoms with Crippen LogP contribution in [0.25, 0.3) is 22.0 Å². The molecule has 4 N–H and O–H groups in total. The minimum atomic E-state index is -1.03. The number of carbonyl (C=O) groups is 1. The van der Waals surface area contributed by atoms with Gasteiger partial charge in [0.15, 0.2) is 5.82 Å². The molecule has 0 saturated heterocycles. The van der Waals surface area contributed by atoms with Gasteiger partial charge in [0.1, 0.15) is 21.3 Å². The Labute approximate surface area is 227 Å². The van der Waals surface area contributed by atoms with E-state index in [0.29, 0.717) is 41.3 Å². The van der Waals surface area contributed by atoms with Crippen molar-refractivity contribution in [1.82, 2.24) is 29.7 Å². The molecule has 4 aromatic rings. The van der Waals surface area contributed by atoms with E-state index in [1.165, 1.54) is 23.6 Å². The van der Waals surface area contributed by atoms with Crippen molar-refractivity contribution in [2.75, 3.05) is 18.5 Å². The molecule has 0 aliphatic heterocycles. The molecule has 0 spiro atoms. The summed E-state index contributed by atoms with van der Waals surface area (Å²) in [6, 6.07) is 3.19.